The van der Waals surface area contributed by atoms with Gasteiger partial charge in [-0.05, 0) is 60.0 Å². The number of hydrogen-bond acceptors (Lipinski definition) is 4. The molecule has 27 heavy (non-hydrogen) atoms. The Morgan fingerprint density at radius 1 is 1.07 bits per heavy atom. The average Bonchev–Trinajstić information content (AvgIpc) is 3.13. The second-order valence-electron chi connectivity index (χ2n) is 5.52. The van der Waals surface area contributed by atoms with Crippen LogP contribution in [-0.2, 0) is 10.0 Å². The zero-order chi connectivity index (χ0) is 19.6. The Balaban J connectivity index is 1.88. The maximum atomic E-state index is 13.0. The lowest BCUT2D eigenvalue weighted by atomic mass is 10.3. The second-order valence-corrected chi connectivity index (χ2v) is 8.84. The first-order valence-electron chi connectivity index (χ1n) is 7.68. The molecule has 3 rings (SSSR count). The molecule has 0 fully saturated rings. The number of carbonyl (C=O) groups excluding carboxylic acids is 1. The molecule has 0 aliphatic rings. The number of halogens is 2. The van der Waals surface area contributed by atoms with Gasteiger partial charge < -0.3 is 5.32 Å². The predicted octanol–water partition coefficient (Wildman–Crippen LogP) is 4.62. The van der Waals surface area contributed by atoms with E-state index in [-0.39, 0.29) is 15.5 Å². The van der Waals surface area contributed by atoms with Crippen molar-refractivity contribution in [1.82, 2.24) is 0 Å². The molecular formula is C18H14ClFN2O3S2. The van der Waals surface area contributed by atoms with Crippen LogP contribution < -0.4 is 9.62 Å². The van der Waals surface area contributed by atoms with Crippen molar-refractivity contribution >= 4 is 50.2 Å². The molecule has 1 amide bonds. The van der Waals surface area contributed by atoms with Crippen molar-refractivity contribution < 1.29 is 17.6 Å². The third kappa shape index (κ3) is 4.13. The lowest BCUT2D eigenvalue weighted by Crippen LogP contribution is -2.28. The van der Waals surface area contributed by atoms with Gasteiger partial charge in [-0.1, -0.05) is 11.6 Å². The van der Waals surface area contributed by atoms with Gasteiger partial charge in [-0.15, -0.1) is 11.3 Å². The summed E-state index contributed by atoms with van der Waals surface area (Å²) in [5.74, 6) is -0.900. The number of benzene rings is 2. The molecule has 0 bridgehead atoms. The molecule has 9 heteroatoms. The van der Waals surface area contributed by atoms with Gasteiger partial charge in [0, 0.05) is 17.8 Å². The Bertz CT molecular complexity index is 1060. The van der Waals surface area contributed by atoms with Crippen LogP contribution in [0.4, 0.5) is 15.8 Å². The van der Waals surface area contributed by atoms with E-state index in [1.54, 1.807) is 11.4 Å². The van der Waals surface area contributed by atoms with Crippen LogP contribution in [0.15, 0.2) is 64.9 Å². The molecule has 0 saturated carbocycles. The summed E-state index contributed by atoms with van der Waals surface area (Å²) in [6, 6.07) is 12.6. The highest BCUT2D eigenvalue weighted by atomic mass is 35.5. The number of sulfonamides is 1. The van der Waals surface area contributed by atoms with Gasteiger partial charge in [0.05, 0.1) is 10.6 Å². The minimum absolute atomic E-state index is 0.0606. The first kappa shape index (κ1) is 19.3. The van der Waals surface area contributed by atoms with Crippen LogP contribution in [0.2, 0.25) is 5.02 Å². The summed E-state index contributed by atoms with van der Waals surface area (Å²) in [5, 5.41) is 4.68. The third-order valence-electron chi connectivity index (χ3n) is 3.76. The molecule has 140 valence electrons. The molecule has 1 aromatic heterocycles. The average molecular weight is 425 g/mol. The molecule has 0 aliphatic carbocycles. The summed E-state index contributed by atoms with van der Waals surface area (Å²) in [6.45, 7) is 0. The van der Waals surface area contributed by atoms with E-state index in [0.29, 0.717) is 10.7 Å². The fraction of sp³-hybridized carbons (Fsp3) is 0.0556. The SMILES string of the molecule is CN(c1ccsc1C(=O)Nc1ccc(F)cc1)S(=O)(=O)c1ccc(Cl)cc1. The van der Waals surface area contributed by atoms with E-state index >= 15 is 0 Å². The van der Waals surface area contributed by atoms with Gasteiger partial charge in [-0.3, -0.25) is 9.10 Å². The number of rotatable bonds is 5. The van der Waals surface area contributed by atoms with Crippen molar-refractivity contribution in [3.05, 3.63) is 75.7 Å². The van der Waals surface area contributed by atoms with Gasteiger partial charge in [-0.2, -0.15) is 0 Å². The molecular weight excluding hydrogens is 411 g/mol. The monoisotopic (exact) mass is 424 g/mol. The summed E-state index contributed by atoms with van der Waals surface area (Å²) in [7, 11) is -2.49. The number of nitrogens with zero attached hydrogens (tertiary/aromatic N) is 1. The van der Waals surface area contributed by atoms with E-state index in [0.717, 1.165) is 15.6 Å². The van der Waals surface area contributed by atoms with Crippen LogP contribution in [0.5, 0.6) is 0 Å². The van der Waals surface area contributed by atoms with E-state index < -0.39 is 21.7 Å². The predicted molar refractivity (Wildman–Crippen MR) is 106 cm³/mol. The molecule has 0 aliphatic heterocycles. The third-order valence-corrected chi connectivity index (χ3v) is 6.70. The maximum absolute atomic E-state index is 13.0. The van der Waals surface area contributed by atoms with Gasteiger partial charge in [0.1, 0.15) is 10.7 Å². The maximum Gasteiger partial charge on any atom is 0.267 e. The standard InChI is InChI=1S/C18H14ClFN2O3S2/c1-22(27(24,25)15-8-2-12(19)3-9-15)16-10-11-26-17(16)18(23)21-14-6-4-13(20)5-7-14/h2-11H,1H3,(H,21,23). The Morgan fingerprint density at radius 3 is 2.33 bits per heavy atom. The molecule has 0 atom stereocenters. The van der Waals surface area contributed by atoms with Gasteiger partial charge in [0.2, 0.25) is 0 Å². The largest absolute Gasteiger partial charge is 0.321 e. The second kappa shape index (κ2) is 7.67. The number of anilines is 2. The van der Waals surface area contributed by atoms with Gasteiger partial charge >= 0.3 is 0 Å². The van der Waals surface area contributed by atoms with E-state index in [4.69, 9.17) is 11.6 Å². The van der Waals surface area contributed by atoms with E-state index in [1.807, 2.05) is 0 Å². The topological polar surface area (TPSA) is 66.5 Å². The molecule has 0 saturated heterocycles. The summed E-state index contributed by atoms with van der Waals surface area (Å²) in [4.78, 5) is 12.8. The first-order chi connectivity index (χ1) is 12.8. The molecule has 0 unspecified atom stereocenters. The number of hydrogen-bond donors (Lipinski definition) is 1. The zero-order valence-electron chi connectivity index (χ0n) is 14.0. The van der Waals surface area contributed by atoms with Crippen molar-refractivity contribution in [3.63, 3.8) is 0 Å². The van der Waals surface area contributed by atoms with Crippen LogP contribution in [0, 0.1) is 5.82 Å². The normalized spacial score (nSPS) is 11.2. The summed E-state index contributed by atoms with van der Waals surface area (Å²) >= 11 is 6.92. The lowest BCUT2D eigenvalue weighted by molar-refractivity contribution is 0.103. The highest BCUT2D eigenvalue weighted by Crippen LogP contribution is 2.31. The van der Waals surface area contributed by atoms with Gasteiger partial charge in [0.25, 0.3) is 15.9 Å². The number of carbonyl (C=O) groups is 1. The van der Waals surface area contributed by atoms with E-state index in [9.17, 15) is 17.6 Å². The van der Waals surface area contributed by atoms with Crippen molar-refractivity contribution in [2.45, 2.75) is 4.90 Å². The highest BCUT2D eigenvalue weighted by molar-refractivity contribution is 7.92. The lowest BCUT2D eigenvalue weighted by Gasteiger charge is -2.19. The molecule has 3 aromatic rings. The van der Waals surface area contributed by atoms with Crippen molar-refractivity contribution in [2.24, 2.45) is 0 Å². The number of amides is 1. The number of thiophene rings is 1. The minimum atomic E-state index is -3.86. The molecule has 5 nitrogen and oxygen atoms in total. The molecule has 1 heterocycles. The van der Waals surface area contributed by atoms with Crippen LogP contribution in [0.25, 0.3) is 0 Å². The van der Waals surface area contributed by atoms with Crippen LogP contribution in [0.3, 0.4) is 0 Å². The Morgan fingerprint density at radius 2 is 1.70 bits per heavy atom. The molecule has 1 N–H and O–H groups in total. The molecule has 0 radical (unpaired) electrons. The zero-order valence-corrected chi connectivity index (χ0v) is 16.4. The Labute approximate surface area is 165 Å². The quantitative estimate of drug-likeness (QED) is 0.650. The fourth-order valence-corrected chi connectivity index (χ4v) is 4.54. The van der Waals surface area contributed by atoms with Gasteiger partial charge in [-0.25, -0.2) is 12.8 Å². The molecule has 0 spiro atoms. The molecule has 2 aromatic carbocycles. The van der Waals surface area contributed by atoms with E-state index in [1.165, 1.54) is 55.6 Å². The summed E-state index contributed by atoms with van der Waals surface area (Å²) in [6.07, 6.45) is 0. The van der Waals surface area contributed by atoms with Crippen molar-refractivity contribution in [3.8, 4) is 0 Å². The van der Waals surface area contributed by atoms with Crippen LogP contribution in [0.1, 0.15) is 9.67 Å². The fourth-order valence-electron chi connectivity index (χ4n) is 2.34. The highest BCUT2D eigenvalue weighted by Gasteiger charge is 2.26. The summed E-state index contributed by atoms with van der Waals surface area (Å²) in [5.41, 5.74) is 0.651. The smallest absolute Gasteiger partial charge is 0.267 e. The van der Waals surface area contributed by atoms with Crippen LogP contribution >= 0.6 is 22.9 Å². The first-order valence-corrected chi connectivity index (χ1v) is 10.4. The van der Waals surface area contributed by atoms with Crippen LogP contribution in [-0.4, -0.2) is 21.4 Å². The Kier molecular flexibility index (Phi) is 5.50. The minimum Gasteiger partial charge on any atom is -0.321 e. The number of nitrogens with one attached hydrogen (secondary N) is 1. The Hall–Kier alpha value is -2.42. The summed E-state index contributed by atoms with van der Waals surface area (Å²) < 4.78 is 39.7. The van der Waals surface area contributed by atoms with Gasteiger partial charge in [0.15, 0.2) is 0 Å². The van der Waals surface area contributed by atoms with E-state index in [2.05, 4.69) is 5.32 Å². The van der Waals surface area contributed by atoms with Crippen molar-refractivity contribution in [1.29, 1.82) is 0 Å². The van der Waals surface area contributed by atoms with Crippen molar-refractivity contribution in [2.75, 3.05) is 16.7 Å².